The van der Waals surface area contributed by atoms with Crippen LogP contribution >= 0.6 is 0 Å². The first-order valence-electron chi connectivity index (χ1n) is 6.61. The molecule has 0 bridgehead atoms. The smallest absolute Gasteiger partial charge is 0.255 e. The second-order valence-corrected chi connectivity index (χ2v) is 5.20. The molecule has 3 saturated heterocycles. The summed E-state index contributed by atoms with van der Waals surface area (Å²) in [6, 6.07) is -0.000624. The van der Waals surface area contributed by atoms with Crippen LogP contribution in [0.25, 0.3) is 0 Å². The predicted molar refractivity (Wildman–Crippen MR) is 66.0 cm³/mol. The molecule has 0 aromatic carbocycles. The first-order chi connectivity index (χ1) is 8.67. The SMILES string of the molecule is CCCN=C1NC(=O)C2(CC(=O)N3CCCC32)N1. The molecule has 3 fully saturated rings. The van der Waals surface area contributed by atoms with E-state index in [0.29, 0.717) is 12.5 Å². The Bertz CT molecular complexity index is 434. The normalized spacial score (nSPS) is 36.4. The molecule has 1 spiro atoms. The Labute approximate surface area is 106 Å². The largest absolute Gasteiger partial charge is 0.339 e. The van der Waals surface area contributed by atoms with Gasteiger partial charge in [0.15, 0.2) is 5.96 Å². The molecule has 0 saturated carbocycles. The lowest BCUT2D eigenvalue weighted by molar-refractivity contribution is -0.128. The second kappa shape index (κ2) is 3.96. The fourth-order valence-corrected chi connectivity index (χ4v) is 3.22. The van der Waals surface area contributed by atoms with Gasteiger partial charge in [-0.2, -0.15) is 0 Å². The summed E-state index contributed by atoms with van der Waals surface area (Å²) in [6.07, 6.45) is 3.07. The van der Waals surface area contributed by atoms with E-state index in [9.17, 15) is 9.59 Å². The topological polar surface area (TPSA) is 73.8 Å². The highest BCUT2D eigenvalue weighted by Crippen LogP contribution is 2.38. The van der Waals surface area contributed by atoms with Gasteiger partial charge >= 0.3 is 0 Å². The molecular weight excluding hydrogens is 232 g/mol. The molecule has 2 unspecified atom stereocenters. The molecule has 3 aliphatic rings. The summed E-state index contributed by atoms with van der Waals surface area (Å²) in [5.41, 5.74) is -0.764. The van der Waals surface area contributed by atoms with E-state index < -0.39 is 5.54 Å². The van der Waals surface area contributed by atoms with Gasteiger partial charge in [0.2, 0.25) is 5.91 Å². The van der Waals surface area contributed by atoms with Crippen molar-refractivity contribution >= 4 is 17.8 Å². The molecule has 3 rings (SSSR count). The van der Waals surface area contributed by atoms with Crippen molar-refractivity contribution in [2.45, 2.75) is 44.2 Å². The maximum absolute atomic E-state index is 12.2. The van der Waals surface area contributed by atoms with Crippen LogP contribution in [0.5, 0.6) is 0 Å². The summed E-state index contributed by atoms with van der Waals surface area (Å²) >= 11 is 0. The van der Waals surface area contributed by atoms with Gasteiger partial charge in [0.05, 0.1) is 12.5 Å². The van der Waals surface area contributed by atoms with Crippen molar-refractivity contribution in [2.75, 3.05) is 13.1 Å². The summed E-state index contributed by atoms with van der Waals surface area (Å²) < 4.78 is 0. The van der Waals surface area contributed by atoms with Gasteiger partial charge in [-0.25, -0.2) is 0 Å². The highest BCUT2D eigenvalue weighted by atomic mass is 16.2. The Balaban J connectivity index is 1.87. The van der Waals surface area contributed by atoms with E-state index >= 15 is 0 Å². The fraction of sp³-hybridized carbons (Fsp3) is 0.750. The lowest BCUT2D eigenvalue weighted by Crippen LogP contribution is -2.54. The molecule has 0 radical (unpaired) electrons. The Hall–Kier alpha value is -1.59. The highest BCUT2D eigenvalue weighted by Gasteiger charge is 2.61. The molecule has 2 N–H and O–H groups in total. The quantitative estimate of drug-likeness (QED) is 0.700. The Morgan fingerprint density at radius 1 is 1.50 bits per heavy atom. The monoisotopic (exact) mass is 250 g/mol. The third-order valence-electron chi connectivity index (χ3n) is 4.04. The van der Waals surface area contributed by atoms with Crippen LogP contribution in [0.3, 0.4) is 0 Å². The summed E-state index contributed by atoms with van der Waals surface area (Å²) in [6.45, 7) is 3.50. The van der Waals surface area contributed by atoms with Crippen molar-refractivity contribution in [1.82, 2.24) is 15.5 Å². The van der Waals surface area contributed by atoms with E-state index in [1.165, 1.54) is 0 Å². The molecule has 2 atom stereocenters. The zero-order chi connectivity index (χ0) is 12.8. The van der Waals surface area contributed by atoms with E-state index in [2.05, 4.69) is 15.6 Å². The number of amides is 2. The standard InChI is InChI=1S/C12H18N4O2/c1-2-5-13-11-14-10(18)12(15-11)7-9(17)16-6-3-4-8(12)16/h8H,2-7H2,1H3,(H2,13,14,15,18). The number of nitrogens with zero attached hydrogens (tertiary/aromatic N) is 2. The summed E-state index contributed by atoms with van der Waals surface area (Å²) in [5, 5.41) is 5.96. The van der Waals surface area contributed by atoms with Crippen LogP contribution in [0.4, 0.5) is 0 Å². The number of fused-ring (bicyclic) bond motifs is 2. The molecule has 18 heavy (non-hydrogen) atoms. The lowest BCUT2D eigenvalue weighted by Gasteiger charge is -2.27. The minimum Gasteiger partial charge on any atom is -0.339 e. The Kier molecular flexibility index (Phi) is 2.53. The van der Waals surface area contributed by atoms with Gasteiger partial charge < -0.3 is 10.2 Å². The van der Waals surface area contributed by atoms with Gasteiger partial charge in [0.25, 0.3) is 5.91 Å². The molecular formula is C12H18N4O2. The zero-order valence-corrected chi connectivity index (χ0v) is 10.5. The first kappa shape index (κ1) is 11.5. The van der Waals surface area contributed by atoms with Gasteiger partial charge in [-0.15, -0.1) is 0 Å². The van der Waals surface area contributed by atoms with Gasteiger partial charge in [-0.05, 0) is 19.3 Å². The second-order valence-electron chi connectivity index (χ2n) is 5.20. The van der Waals surface area contributed by atoms with E-state index in [0.717, 1.165) is 25.8 Å². The van der Waals surface area contributed by atoms with Crippen molar-refractivity contribution in [1.29, 1.82) is 0 Å². The van der Waals surface area contributed by atoms with E-state index in [4.69, 9.17) is 0 Å². The number of hydrogen-bond acceptors (Lipinski definition) is 3. The van der Waals surface area contributed by atoms with Gasteiger partial charge in [-0.3, -0.25) is 19.9 Å². The minimum absolute atomic E-state index is 0.000624. The molecule has 98 valence electrons. The summed E-state index contributed by atoms with van der Waals surface area (Å²) in [5.74, 6) is 0.514. The first-order valence-corrected chi connectivity index (χ1v) is 6.61. The third-order valence-corrected chi connectivity index (χ3v) is 4.04. The lowest BCUT2D eigenvalue weighted by atomic mass is 9.89. The zero-order valence-electron chi connectivity index (χ0n) is 10.5. The maximum atomic E-state index is 12.2. The van der Waals surface area contributed by atoms with E-state index in [-0.39, 0.29) is 24.3 Å². The van der Waals surface area contributed by atoms with Crippen LogP contribution in [0.1, 0.15) is 32.6 Å². The molecule has 2 amide bonds. The molecule has 3 heterocycles. The van der Waals surface area contributed by atoms with Crippen LogP contribution < -0.4 is 10.6 Å². The highest BCUT2D eigenvalue weighted by molar-refractivity contribution is 6.12. The fourth-order valence-electron chi connectivity index (χ4n) is 3.22. The Morgan fingerprint density at radius 2 is 2.33 bits per heavy atom. The number of carbonyl (C=O) groups excluding carboxylic acids is 2. The maximum Gasteiger partial charge on any atom is 0.255 e. The van der Waals surface area contributed by atoms with Crippen molar-refractivity contribution in [3.63, 3.8) is 0 Å². The third kappa shape index (κ3) is 1.44. The van der Waals surface area contributed by atoms with Crippen molar-refractivity contribution < 1.29 is 9.59 Å². The molecule has 0 aromatic heterocycles. The molecule has 6 nitrogen and oxygen atoms in total. The average molecular weight is 250 g/mol. The van der Waals surface area contributed by atoms with Crippen molar-refractivity contribution in [3.05, 3.63) is 0 Å². The van der Waals surface area contributed by atoms with Gasteiger partial charge in [0.1, 0.15) is 5.54 Å². The van der Waals surface area contributed by atoms with Gasteiger partial charge in [0, 0.05) is 13.1 Å². The summed E-state index contributed by atoms with van der Waals surface area (Å²) in [7, 11) is 0. The summed E-state index contributed by atoms with van der Waals surface area (Å²) in [4.78, 5) is 30.3. The number of nitrogens with one attached hydrogen (secondary N) is 2. The van der Waals surface area contributed by atoms with Crippen LogP contribution in [-0.2, 0) is 9.59 Å². The van der Waals surface area contributed by atoms with Crippen LogP contribution in [0, 0.1) is 0 Å². The molecule has 0 aliphatic carbocycles. The number of carbonyl (C=O) groups is 2. The van der Waals surface area contributed by atoms with E-state index in [1.807, 2.05) is 11.8 Å². The number of rotatable bonds is 2. The van der Waals surface area contributed by atoms with Crippen molar-refractivity contribution in [2.24, 2.45) is 4.99 Å². The molecule has 3 aliphatic heterocycles. The van der Waals surface area contributed by atoms with Crippen molar-refractivity contribution in [3.8, 4) is 0 Å². The van der Waals surface area contributed by atoms with Gasteiger partial charge in [-0.1, -0.05) is 6.92 Å². The minimum atomic E-state index is -0.764. The van der Waals surface area contributed by atoms with Crippen LogP contribution in [-0.4, -0.2) is 47.3 Å². The molecule has 0 aromatic rings. The van der Waals surface area contributed by atoms with Crippen LogP contribution in [0.15, 0.2) is 4.99 Å². The van der Waals surface area contributed by atoms with E-state index in [1.54, 1.807) is 0 Å². The number of guanidine groups is 1. The Morgan fingerprint density at radius 3 is 3.11 bits per heavy atom. The number of hydrogen-bond donors (Lipinski definition) is 2. The van der Waals surface area contributed by atoms with Crippen LogP contribution in [0.2, 0.25) is 0 Å². The average Bonchev–Trinajstić information content (AvgIpc) is 2.98. The molecule has 6 heteroatoms. The predicted octanol–water partition coefficient (Wildman–Crippen LogP) is -0.395. The number of aliphatic imine (C=N–C) groups is 1.